The van der Waals surface area contributed by atoms with Crippen LogP contribution < -0.4 is 14.0 Å². The minimum Gasteiger partial charge on any atom is -0.379 e. The second-order valence-corrected chi connectivity index (χ2v) is 14.9. The van der Waals surface area contributed by atoms with Crippen LogP contribution in [0.25, 0.3) is 0 Å². The molecule has 41 heavy (non-hydrogen) atoms. The summed E-state index contributed by atoms with van der Waals surface area (Å²) in [4.78, 5) is 11.4. The minimum absolute atomic E-state index is 0.197. The molecule has 234 valence electrons. The molecule has 4 saturated heterocycles. The average Bonchev–Trinajstić information content (AvgIpc) is 3.08. The van der Waals surface area contributed by atoms with E-state index < -0.39 is 10.2 Å². The summed E-state index contributed by atoms with van der Waals surface area (Å²) in [5.74, 6) is 0. The summed E-state index contributed by atoms with van der Waals surface area (Å²) in [7, 11) is -4.69. The first-order valence-electron chi connectivity index (χ1n) is 15.2. The first-order valence-corrected chi connectivity index (χ1v) is 16.5. The van der Waals surface area contributed by atoms with Crippen LogP contribution in [-0.2, 0) is 9.47 Å². The fourth-order valence-electron chi connectivity index (χ4n) is 10.9. The summed E-state index contributed by atoms with van der Waals surface area (Å²) in [6.07, 6.45) is 6.88. The van der Waals surface area contributed by atoms with Crippen LogP contribution >= 0.6 is 0 Å². The van der Waals surface area contributed by atoms with E-state index in [1.54, 1.807) is 0 Å². The predicted octanol–water partition coefficient (Wildman–Crippen LogP) is -1.16. The van der Waals surface area contributed by atoms with E-state index in [1.165, 1.54) is 25.9 Å². The molecule has 0 radical (unpaired) electrons. The summed E-state index contributed by atoms with van der Waals surface area (Å²) in [5, 5.41) is 0. The third-order valence-corrected chi connectivity index (χ3v) is 12.2. The van der Waals surface area contributed by atoms with Gasteiger partial charge in [0.1, 0.15) is 0 Å². The highest BCUT2D eigenvalue weighted by molar-refractivity contribution is 5.37. The normalized spacial score (nSPS) is 40.3. The molecule has 0 amide bonds. The van der Waals surface area contributed by atoms with Crippen molar-refractivity contribution in [1.29, 1.82) is 0 Å². The number of morpholine rings is 2. The second-order valence-electron chi connectivity index (χ2n) is 14.1. The molecule has 0 aromatic rings. The van der Waals surface area contributed by atoms with Gasteiger partial charge in [-0.2, -0.15) is 14.0 Å². The van der Waals surface area contributed by atoms with Crippen molar-refractivity contribution in [2.75, 3.05) is 78.8 Å². The molecule has 1 N–H and O–H groups in total. The summed E-state index contributed by atoms with van der Waals surface area (Å²) in [6, 6.07) is 2.34. The lowest BCUT2D eigenvalue weighted by atomic mass is 9.35. The molecule has 0 unspecified atom stereocenters. The summed E-state index contributed by atoms with van der Waals surface area (Å²) >= 11 is 0. The molecule has 0 aromatic heterocycles. The fourth-order valence-corrected chi connectivity index (χ4v) is 10.9. The highest BCUT2D eigenvalue weighted by Gasteiger charge is 2.85. The zero-order valence-electron chi connectivity index (χ0n) is 25.4. The predicted molar refractivity (Wildman–Crippen MR) is 147 cm³/mol. The highest BCUT2D eigenvalue weighted by atomic mass is 35.7. The Hall–Kier alpha value is -0.630. The number of hydrogen-bond acceptors (Lipinski definition) is 10. The van der Waals surface area contributed by atoms with Crippen LogP contribution in [0.15, 0.2) is 25.3 Å². The number of halogens is 1. The van der Waals surface area contributed by atoms with Crippen LogP contribution in [0.2, 0.25) is 0 Å². The Bertz CT molecular complexity index is 889. The average molecular weight is 599 g/mol. The molecule has 10 nitrogen and oxygen atoms in total. The van der Waals surface area contributed by atoms with Gasteiger partial charge < -0.3 is 9.47 Å². The molecule has 0 spiro atoms. The van der Waals surface area contributed by atoms with Gasteiger partial charge in [0.2, 0.25) is 0 Å². The van der Waals surface area contributed by atoms with Gasteiger partial charge in [-0.15, -0.1) is 13.2 Å². The second kappa shape index (κ2) is 11.4. The third-order valence-electron chi connectivity index (χ3n) is 12.2. The van der Waals surface area contributed by atoms with Crippen LogP contribution in [0.1, 0.15) is 40.5 Å². The van der Waals surface area contributed by atoms with Crippen molar-refractivity contribution in [3.8, 4) is 0 Å². The van der Waals surface area contributed by atoms with E-state index in [0.29, 0.717) is 24.2 Å². The maximum absolute atomic E-state index is 8.60. The molecule has 2 aliphatic carbocycles. The Morgan fingerprint density at radius 1 is 0.707 bits per heavy atom. The standard InChI is InChI=1S/C30H50N4O2.ClHO4/c1-7-9-33-23-19-26-30(22-32-13-17-36-18-14-32)28(5,6)24(34(26)10-8-2)20-25(33)29(30,27(23,3)4)21-31-11-15-35-16-12-31;2-1(3,4)5/h7-8,23-26H,1-2,9-22H2,3-6H3;(H,2,3,4,5)/t23-,24-,25+,26+,29-,30+;/m1./s1. The lowest BCUT2D eigenvalue weighted by Crippen LogP contribution is -2.75. The van der Waals surface area contributed by atoms with E-state index in [2.05, 4.69) is 72.6 Å². The molecule has 6 atom stereocenters. The van der Waals surface area contributed by atoms with Gasteiger partial charge in [0.15, 0.2) is 0 Å². The minimum atomic E-state index is -4.69. The molecule has 6 rings (SSSR count). The molecule has 4 heterocycles. The van der Waals surface area contributed by atoms with Gasteiger partial charge in [0.25, 0.3) is 0 Å². The first kappa shape index (κ1) is 31.8. The number of ether oxygens (including phenoxy) is 2. The molecule has 4 aliphatic heterocycles. The van der Waals surface area contributed by atoms with Crippen LogP contribution in [0.3, 0.4) is 0 Å². The first-order chi connectivity index (χ1) is 19.3. The Kier molecular flexibility index (Phi) is 8.82. The van der Waals surface area contributed by atoms with E-state index in [9.17, 15) is 0 Å². The van der Waals surface area contributed by atoms with Crippen molar-refractivity contribution in [3.63, 3.8) is 0 Å². The van der Waals surface area contributed by atoms with Crippen molar-refractivity contribution in [2.24, 2.45) is 21.7 Å². The summed E-state index contributed by atoms with van der Waals surface area (Å²) in [6.45, 7) is 31.2. The van der Waals surface area contributed by atoms with E-state index in [4.69, 9.17) is 28.1 Å². The molecular weight excluding hydrogens is 548 g/mol. The van der Waals surface area contributed by atoms with Gasteiger partial charge in [-0.25, -0.2) is 0 Å². The number of nitrogens with zero attached hydrogens (tertiary/aromatic N) is 4. The Labute approximate surface area is 248 Å². The highest BCUT2D eigenvalue weighted by Crippen LogP contribution is 2.80. The molecule has 11 heteroatoms. The number of likely N-dealkylation sites (tertiary alicyclic amines) is 2. The molecule has 6 aliphatic rings. The van der Waals surface area contributed by atoms with Crippen LogP contribution in [0, 0.1) is 31.9 Å². The molecule has 6 fully saturated rings. The fraction of sp³-hybridized carbons (Fsp3) is 0.867. The number of rotatable bonds is 8. The number of fused-ring (bicyclic) bond motifs is 2. The largest absolute Gasteiger partial charge is 0.379 e. The summed E-state index contributed by atoms with van der Waals surface area (Å²) in [5.41, 5.74) is 0.826. The summed E-state index contributed by atoms with van der Waals surface area (Å²) < 4.78 is 44.4. The molecular formula is C30H51ClN4O6. The Balaban J connectivity index is 0.000000623. The Morgan fingerprint density at radius 2 is 1.02 bits per heavy atom. The quantitative estimate of drug-likeness (QED) is 0.342. The molecule has 0 aromatic carbocycles. The lowest BCUT2D eigenvalue weighted by molar-refractivity contribution is -1.92. The van der Waals surface area contributed by atoms with Crippen LogP contribution in [0.5, 0.6) is 0 Å². The van der Waals surface area contributed by atoms with Crippen LogP contribution in [0.4, 0.5) is 0 Å². The van der Waals surface area contributed by atoms with Crippen LogP contribution in [-0.4, -0.2) is 127 Å². The van der Waals surface area contributed by atoms with E-state index in [1.807, 2.05) is 0 Å². The topological polar surface area (TPSA) is 121 Å². The van der Waals surface area contributed by atoms with Gasteiger partial charge >= 0.3 is 0 Å². The van der Waals surface area contributed by atoms with Crippen molar-refractivity contribution < 1.29 is 38.4 Å². The van der Waals surface area contributed by atoms with Gasteiger partial charge in [-0.1, -0.05) is 39.8 Å². The Morgan fingerprint density at radius 3 is 1.32 bits per heavy atom. The molecule has 4 bridgehead atoms. The maximum atomic E-state index is 8.60. The van der Waals surface area contributed by atoms with E-state index in [-0.39, 0.29) is 21.7 Å². The van der Waals surface area contributed by atoms with Gasteiger partial charge in [-0.05, 0) is 23.7 Å². The SMILES string of the molecule is C=CCN1[C@H]2C[C@H]3N(CC=C)[C@H]4C[C@@H]1C(C)(C)[C@@]2(CN1CCOCC1)[C@@]4(CN1CCOCC1)C3(C)C.[O-][Cl+3]([O-])([O-])O. The van der Waals surface area contributed by atoms with Gasteiger partial charge in [0.05, 0.1) is 41.3 Å². The smallest absolute Gasteiger partial charge is 0.0777 e. The van der Waals surface area contributed by atoms with Gasteiger partial charge in [0, 0.05) is 87.4 Å². The maximum Gasteiger partial charge on any atom is 0.0777 e. The van der Waals surface area contributed by atoms with E-state index in [0.717, 1.165) is 65.7 Å². The van der Waals surface area contributed by atoms with Crippen molar-refractivity contribution in [2.45, 2.75) is 64.7 Å². The van der Waals surface area contributed by atoms with Crippen molar-refractivity contribution in [3.05, 3.63) is 25.3 Å². The lowest BCUT2D eigenvalue weighted by Gasteiger charge is -2.69. The number of hydrogen-bond donors (Lipinski definition) is 1. The van der Waals surface area contributed by atoms with Crippen molar-refractivity contribution in [1.82, 2.24) is 19.6 Å². The monoisotopic (exact) mass is 598 g/mol. The van der Waals surface area contributed by atoms with E-state index >= 15 is 0 Å². The third kappa shape index (κ3) is 4.86. The van der Waals surface area contributed by atoms with Gasteiger partial charge in [-0.3, -0.25) is 19.6 Å². The van der Waals surface area contributed by atoms with Crippen molar-refractivity contribution >= 4 is 0 Å². The molecule has 2 saturated carbocycles. The zero-order chi connectivity index (χ0) is 29.8. The zero-order valence-corrected chi connectivity index (χ0v) is 26.2.